The third-order valence-electron chi connectivity index (χ3n) is 4.01. The highest BCUT2D eigenvalue weighted by molar-refractivity contribution is 5.70. The molecule has 0 saturated carbocycles. The standard InChI is InChI=1S/C15H22N2O2/c1-11(10-12-2-4-14(16)5-3-12)17-8-6-13(7-9-17)15(18)19/h2-5,11,13H,6-10,16H2,1H3,(H,18,19). The Balaban J connectivity index is 1.86. The van der Waals surface area contributed by atoms with Crippen LogP contribution in [0.3, 0.4) is 0 Å². The van der Waals surface area contributed by atoms with Gasteiger partial charge in [-0.05, 0) is 57.0 Å². The third kappa shape index (κ3) is 3.70. The molecular weight excluding hydrogens is 240 g/mol. The molecule has 1 aromatic carbocycles. The van der Waals surface area contributed by atoms with E-state index in [4.69, 9.17) is 10.8 Å². The van der Waals surface area contributed by atoms with Crippen LogP contribution in [0, 0.1) is 5.92 Å². The second-order valence-electron chi connectivity index (χ2n) is 5.44. The zero-order valence-electron chi connectivity index (χ0n) is 11.4. The minimum Gasteiger partial charge on any atom is -0.481 e. The van der Waals surface area contributed by atoms with Crippen molar-refractivity contribution in [2.45, 2.75) is 32.2 Å². The maximum Gasteiger partial charge on any atom is 0.306 e. The van der Waals surface area contributed by atoms with Crippen LogP contribution in [0.1, 0.15) is 25.3 Å². The summed E-state index contributed by atoms with van der Waals surface area (Å²) in [4.78, 5) is 13.3. The van der Waals surface area contributed by atoms with Gasteiger partial charge in [0.15, 0.2) is 0 Å². The van der Waals surface area contributed by atoms with Gasteiger partial charge in [-0.25, -0.2) is 0 Å². The van der Waals surface area contributed by atoms with E-state index < -0.39 is 5.97 Å². The number of hydrogen-bond donors (Lipinski definition) is 2. The van der Waals surface area contributed by atoms with Gasteiger partial charge >= 0.3 is 5.97 Å². The van der Waals surface area contributed by atoms with Crippen LogP contribution in [0.4, 0.5) is 5.69 Å². The van der Waals surface area contributed by atoms with Crippen molar-refractivity contribution in [2.75, 3.05) is 18.8 Å². The third-order valence-corrected chi connectivity index (χ3v) is 4.01. The van der Waals surface area contributed by atoms with Crippen LogP contribution < -0.4 is 5.73 Å². The van der Waals surface area contributed by atoms with Gasteiger partial charge < -0.3 is 15.7 Å². The van der Waals surface area contributed by atoms with Crippen molar-refractivity contribution < 1.29 is 9.90 Å². The topological polar surface area (TPSA) is 66.6 Å². The van der Waals surface area contributed by atoms with Gasteiger partial charge in [0.2, 0.25) is 0 Å². The van der Waals surface area contributed by atoms with E-state index >= 15 is 0 Å². The Morgan fingerprint density at radius 3 is 2.47 bits per heavy atom. The van der Waals surface area contributed by atoms with E-state index in [0.29, 0.717) is 6.04 Å². The van der Waals surface area contributed by atoms with Gasteiger partial charge in [0.1, 0.15) is 0 Å². The fourth-order valence-electron chi connectivity index (χ4n) is 2.71. The predicted octanol–water partition coefficient (Wildman–Crippen LogP) is 2.00. The molecule has 1 aromatic rings. The lowest BCUT2D eigenvalue weighted by Crippen LogP contribution is -2.42. The lowest BCUT2D eigenvalue weighted by molar-refractivity contribution is -0.143. The van der Waals surface area contributed by atoms with Crippen molar-refractivity contribution in [3.63, 3.8) is 0 Å². The van der Waals surface area contributed by atoms with Gasteiger partial charge in [0.05, 0.1) is 5.92 Å². The van der Waals surface area contributed by atoms with E-state index in [1.54, 1.807) is 0 Å². The summed E-state index contributed by atoms with van der Waals surface area (Å²) in [7, 11) is 0. The molecule has 1 fully saturated rings. The normalized spacial score (nSPS) is 19.2. The molecule has 104 valence electrons. The molecule has 4 nitrogen and oxygen atoms in total. The molecule has 0 amide bonds. The van der Waals surface area contributed by atoms with E-state index in [2.05, 4.69) is 24.0 Å². The quantitative estimate of drug-likeness (QED) is 0.814. The first-order valence-corrected chi connectivity index (χ1v) is 6.87. The van der Waals surface area contributed by atoms with Crippen LogP contribution in [-0.4, -0.2) is 35.1 Å². The number of anilines is 1. The van der Waals surface area contributed by atoms with E-state index in [1.165, 1.54) is 5.56 Å². The number of nitrogens with two attached hydrogens (primary N) is 1. The number of nitrogen functional groups attached to an aromatic ring is 1. The molecule has 1 atom stereocenters. The first-order valence-electron chi connectivity index (χ1n) is 6.87. The van der Waals surface area contributed by atoms with Crippen LogP contribution in [0.5, 0.6) is 0 Å². The maximum absolute atomic E-state index is 10.9. The largest absolute Gasteiger partial charge is 0.481 e. The summed E-state index contributed by atoms with van der Waals surface area (Å²) in [6.07, 6.45) is 2.51. The monoisotopic (exact) mass is 262 g/mol. The summed E-state index contributed by atoms with van der Waals surface area (Å²) in [6.45, 7) is 3.97. The minimum atomic E-state index is -0.647. The number of hydrogen-bond acceptors (Lipinski definition) is 3. The zero-order chi connectivity index (χ0) is 13.8. The van der Waals surface area contributed by atoms with Crippen LogP contribution in [0.25, 0.3) is 0 Å². The molecule has 1 saturated heterocycles. The Kier molecular flexibility index (Phi) is 4.43. The Hall–Kier alpha value is -1.55. The zero-order valence-corrected chi connectivity index (χ0v) is 11.4. The molecule has 0 spiro atoms. The van der Waals surface area contributed by atoms with Crippen molar-refractivity contribution in [1.29, 1.82) is 0 Å². The first kappa shape index (κ1) is 13.9. The Morgan fingerprint density at radius 1 is 1.37 bits per heavy atom. The summed E-state index contributed by atoms with van der Waals surface area (Å²) in [5.41, 5.74) is 7.75. The Labute approximate surface area is 114 Å². The fourth-order valence-corrected chi connectivity index (χ4v) is 2.71. The number of likely N-dealkylation sites (tertiary alicyclic amines) is 1. The number of nitrogens with zero attached hydrogens (tertiary/aromatic N) is 1. The molecule has 0 radical (unpaired) electrons. The SMILES string of the molecule is CC(Cc1ccc(N)cc1)N1CCC(C(=O)O)CC1. The Morgan fingerprint density at radius 2 is 1.95 bits per heavy atom. The molecule has 19 heavy (non-hydrogen) atoms. The van der Waals surface area contributed by atoms with Crippen LogP contribution in [0.2, 0.25) is 0 Å². The highest BCUT2D eigenvalue weighted by Crippen LogP contribution is 2.20. The van der Waals surface area contributed by atoms with Crippen LogP contribution in [0.15, 0.2) is 24.3 Å². The number of carbonyl (C=O) groups is 1. The summed E-state index contributed by atoms with van der Waals surface area (Å²) in [5.74, 6) is -0.800. The summed E-state index contributed by atoms with van der Waals surface area (Å²) in [6, 6.07) is 8.43. The van der Waals surface area contributed by atoms with E-state index in [0.717, 1.165) is 38.0 Å². The van der Waals surface area contributed by atoms with Crippen molar-refractivity contribution in [2.24, 2.45) is 5.92 Å². The lowest BCUT2D eigenvalue weighted by Gasteiger charge is -2.34. The van der Waals surface area contributed by atoms with Gasteiger partial charge in [-0.2, -0.15) is 0 Å². The Bertz CT molecular complexity index is 422. The summed E-state index contributed by atoms with van der Waals surface area (Å²) >= 11 is 0. The highest BCUT2D eigenvalue weighted by atomic mass is 16.4. The molecular formula is C15H22N2O2. The molecule has 0 aromatic heterocycles. The smallest absolute Gasteiger partial charge is 0.306 e. The van der Waals surface area contributed by atoms with Gasteiger partial charge in [0.25, 0.3) is 0 Å². The van der Waals surface area contributed by atoms with E-state index in [1.807, 2.05) is 12.1 Å². The van der Waals surface area contributed by atoms with Gasteiger partial charge in [-0.15, -0.1) is 0 Å². The number of carboxylic acids is 1. The van der Waals surface area contributed by atoms with Gasteiger partial charge in [-0.1, -0.05) is 12.1 Å². The fraction of sp³-hybridized carbons (Fsp3) is 0.533. The highest BCUT2D eigenvalue weighted by Gasteiger charge is 2.26. The molecule has 3 N–H and O–H groups in total. The van der Waals surface area contributed by atoms with Gasteiger partial charge in [0, 0.05) is 11.7 Å². The first-order chi connectivity index (χ1) is 9.06. The van der Waals surface area contributed by atoms with Crippen molar-refractivity contribution in [3.8, 4) is 0 Å². The molecule has 4 heteroatoms. The minimum absolute atomic E-state index is 0.153. The molecule has 1 unspecified atom stereocenters. The van der Waals surface area contributed by atoms with Crippen LogP contribution in [-0.2, 0) is 11.2 Å². The maximum atomic E-state index is 10.9. The average molecular weight is 262 g/mol. The predicted molar refractivity (Wildman–Crippen MR) is 76.0 cm³/mol. The van der Waals surface area contributed by atoms with Crippen molar-refractivity contribution in [1.82, 2.24) is 4.90 Å². The second-order valence-corrected chi connectivity index (χ2v) is 5.44. The number of benzene rings is 1. The number of rotatable bonds is 4. The molecule has 0 aliphatic carbocycles. The number of carboxylic acid groups (broad SMARTS) is 1. The molecule has 1 heterocycles. The summed E-state index contributed by atoms with van der Waals surface area (Å²) < 4.78 is 0. The van der Waals surface area contributed by atoms with Crippen molar-refractivity contribution >= 4 is 11.7 Å². The van der Waals surface area contributed by atoms with Crippen LogP contribution >= 0.6 is 0 Å². The molecule has 2 rings (SSSR count). The molecule has 0 bridgehead atoms. The van der Waals surface area contributed by atoms with E-state index in [9.17, 15) is 4.79 Å². The number of piperidine rings is 1. The average Bonchev–Trinajstić information content (AvgIpc) is 2.41. The van der Waals surface area contributed by atoms with Gasteiger partial charge in [-0.3, -0.25) is 4.79 Å². The van der Waals surface area contributed by atoms with E-state index in [-0.39, 0.29) is 5.92 Å². The van der Waals surface area contributed by atoms with Crippen molar-refractivity contribution in [3.05, 3.63) is 29.8 Å². The molecule has 1 aliphatic rings. The number of aliphatic carboxylic acids is 1. The second kappa shape index (κ2) is 6.06. The molecule has 1 aliphatic heterocycles. The lowest BCUT2D eigenvalue weighted by atomic mass is 9.95. The summed E-state index contributed by atoms with van der Waals surface area (Å²) in [5, 5.41) is 8.99.